The van der Waals surface area contributed by atoms with Crippen molar-refractivity contribution in [2.75, 3.05) is 37.7 Å². The molecule has 1 saturated carbocycles. The third-order valence-electron chi connectivity index (χ3n) is 5.99. The molecule has 0 N–H and O–H groups in total. The van der Waals surface area contributed by atoms with Crippen molar-refractivity contribution in [1.29, 1.82) is 0 Å². The fraction of sp³-hybridized carbons (Fsp3) is 0.524. The number of anilines is 1. The summed E-state index contributed by atoms with van der Waals surface area (Å²) in [4.78, 5) is 17.0. The molecule has 1 amide bonds. The standard InChI is InChI=1S/C21H25FN4O2/c22-17-3-1-2-4-19(17)24-8-10-25(11-9-24)21(27)20-16-14-28-12-7-18(16)26(23-20)13-15-5-6-15/h1-4,15H,5-14H2. The number of carbonyl (C=O) groups excluding carboxylic acids is 1. The van der Waals surface area contributed by atoms with Gasteiger partial charge in [0.05, 0.1) is 18.9 Å². The van der Waals surface area contributed by atoms with Gasteiger partial charge in [0, 0.05) is 50.4 Å². The number of nitrogens with zero attached hydrogens (tertiary/aromatic N) is 4. The maximum absolute atomic E-state index is 14.0. The van der Waals surface area contributed by atoms with E-state index >= 15 is 0 Å². The largest absolute Gasteiger partial charge is 0.376 e. The van der Waals surface area contributed by atoms with Gasteiger partial charge < -0.3 is 14.5 Å². The number of hydrogen-bond donors (Lipinski definition) is 0. The van der Waals surface area contributed by atoms with Crippen LogP contribution in [0.2, 0.25) is 0 Å². The summed E-state index contributed by atoms with van der Waals surface area (Å²) in [5.74, 6) is 0.468. The second-order valence-electron chi connectivity index (χ2n) is 7.93. The van der Waals surface area contributed by atoms with Gasteiger partial charge in [0.1, 0.15) is 5.82 Å². The normalized spacial score (nSPS) is 19.6. The van der Waals surface area contributed by atoms with E-state index < -0.39 is 0 Å². The van der Waals surface area contributed by atoms with Gasteiger partial charge in [0.25, 0.3) is 5.91 Å². The van der Waals surface area contributed by atoms with Gasteiger partial charge >= 0.3 is 0 Å². The number of hydrogen-bond acceptors (Lipinski definition) is 4. The fourth-order valence-electron chi connectivity index (χ4n) is 4.18. The van der Waals surface area contributed by atoms with Crippen molar-refractivity contribution in [3.63, 3.8) is 0 Å². The predicted octanol–water partition coefficient (Wildman–Crippen LogP) is 2.47. The zero-order valence-corrected chi connectivity index (χ0v) is 15.9. The summed E-state index contributed by atoms with van der Waals surface area (Å²) in [6.45, 7) is 4.45. The predicted molar refractivity (Wildman–Crippen MR) is 103 cm³/mol. The highest BCUT2D eigenvalue weighted by atomic mass is 19.1. The molecule has 3 heterocycles. The number of amides is 1. The summed E-state index contributed by atoms with van der Waals surface area (Å²) in [7, 11) is 0. The number of ether oxygens (including phenoxy) is 1. The maximum Gasteiger partial charge on any atom is 0.274 e. The monoisotopic (exact) mass is 384 g/mol. The molecule has 2 fully saturated rings. The third-order valence-corrected chi connectivity index (χ3v) is 5.99. The van der Waals surface area contributed by atoms with E-state index in [9.17, 15) is 9.18 Å². The fourth-order valence-corrected chi connectivity index (χ4v) is 4.18. The minimum absolute atomic E-state index is 0.0236. The smallest absolute Gasteiger partial charge is 0.274 e. The highest BCUT2D eigenvalue weighted by Gasteiger charge is 2.32. The van der Waals surface area contributed by atoms with Gasteiger partial charge in [-0.1, -0.05) is 12.1 Å². The zero-order valence-electron chi connectivity index (χ0n) is 15.9. The first-order valence-electron chi connectivity index (χ1n) is 10.2. The lowest BCUT2D eigenvalue weighted by molar-refractivity contribution is 0.0727. The van der Waals surface area contributed by atoms with Crippen molar-refractivity contribution >= 4 is 11.6 Å². The Morgan fingerprint density at radius 3 is 2.71 bits per heavy atom. The second kappa shape index (κ2) is 7.20. The van der Waals surface area contributed by atoms with E-state index in [2.05, 4.69) is 4.68 Å². The van der Waals surface area contributed by atoms with Crippen LogP contribution in [-0.2, 0) is 24.3 Å². The average molecular weight is 384 g/mol. The molecule has 7 heteroatoms. The van der Waals surface area contributed by atoms with Crippen LogP contribution in [-0.4, -0.2) is 53.4 Å². The van der Waals surface area contributed by atoms with E-state index in [1.807, 2.05) is 15.9 Å². The Morgan fingerprint density at radius 2 is 1.96 bits per heavy atom. The van der Waals surface area contributed by atoms with Crippen molar-refractivity contribution in [3.05, 3.63) is 47.0 Å². The number of aromatic nitrogens is 2. The van der Waals surface area contributed by atoms with Gasteiger partial charge in [-0.15, -0.1) is 0 Å². The van der Waals surface area contributed by atoms with E-state index in [1.165, 1.54) is 24.6 Å². The Hall–Kier alpha value is -2.41. The molecule has 148 valence electrons. The van der Waals surface area contributed by atoms with E-state index in [1.54, 1.807) is 12.1 Å². The molecule has 3 aliphatic rings. The van der Waals surface area contributed by atoms with Crippen LogP contribution in [0.5, 0.6) is 0 Å². The Bertz CT molecular complexity index is 885. The highest BCUT2D eigenvalue weighted by Crippen LogP contribution is 2.32. The molecular weight excluding hydrogens is 359 g/mol. The number of benzene rings is 1. The van der Waals surface area contributed by atoms with E-state index in [-0.39, 0.29) is 11.7 Å². The quantitative estimate of drug-likeness (QED) is 0.813. The first kappa shape index (κ1) is 17.7. The highest BCUT2D eigenvalue weighted by molar-refractivity contribution is 5.94. The first-order valence-corrected chi connectivity index (χ1v) is 10.2. The van der Waals surface area contributed by atoms with Gasteiger partial charge in [0.15, 0.2) is 5.69 Å². The van der Waals surface area contributed by atoms with Crippen molar-refractivity contribution in [1.82, 2.24) is 14.7 Å². The summed E-state index contributed by atoms with van der Waals surface area (Å²) >= 11 is 0. The van der Waals surface area contributed by atoms with Crippen LogP contribution < -0.4 is 4.90 Å². The number of halogens is 1. The molecule has 5 rings (SSSR count). The van der Waals surface area contributed by atoms with Crippen LogP contribution in [0.15, 0.2) is 24.3 Å². The average Bonchev–Trinajstić information content (AvgIpc) is 3.48. The Kier molecular flexibility index (Phi) is 4.55. The Labute approximate surface area is 163 Å². The van der Waals surface area contributed by atoms with Crippen molar-refractivity contribution in [2.45, 2.75) is 32.4 Å². The SMILES string of the molecule is O=C(c1nn(CC2CC2)c2c1COCC2)N1CCN(c2ccccc2F)CC1. The molecule has 6 nitrogen and oxygen atoms in total. The van der Waals surface area contributed by atoms with Gasteiger partial charge in [0.2, 0.25) is 0 Å². The number of fused-ring (bicyclic) bond motifs is 1. The first-order chi connectivity index (χ1) is 13.7. The molecule has 0 bridgehead atoms. The molecular formula is C21H25FN4O2. The van der Waals surface area contributed by atoms with E-state index in [0.29, 0.717) is 56.7 Å². The number of rotatable bonds is 4. The van der Waals surface area contributed by atoms with Crippen molar-refractivity contribution < 1.29 is 13.9 Å². The lowest BCUT2D eigenvalue weighted by Gasteiger charge is -2.36. The molecule has 1 aromatic carbocycles. The molecule has 28 heavy (non-hydrogen) atoms. The molecule has 0 spiro atoms. The summed E-state index contributed by atoms with van der Waals surface area (Å²) in [5.41, 5.74) is 3.30. The van der Waals surface area contributed by atoms with E-state index in [4.69, 9.17) is 9.84 Å². The van der Waals surface area contributed by atoms with Crippen LogP contribution in [0.4, 0.5) is 10.1 Å². The van der Waals surface area contributed by atoms with Crippen LogP contribution in [0.25, 0.3) is 0 Å². The van der Waals surface area contributed by atoms with Crippen LogP contribution in [0.3, 0.4) is 0 Å². The molecule has 0 atom stereocenters. The second-order valence-corrected chi connectivity index (χ2v) is 7.93. The van der Waals surface area contributed by atoms with Gasteiger partial charge in [-0.05, 0) is 30.9 Å². The van der Waals surface area contributed by atoms with Gasteiger partial charge in [-0.3, -0.25) is 9.48 Å². The Morgan fingerprint density at radius 1 is 1.18 bits per heavy atom. The minimum Gasteiger partial charge on any atom is -0.376 e. The molecule has 1 aliphatic carbocycles. The molecule has 0 unspecified atom stereocenters. The number of piperazine rings is 1. The van der Waals surface area contributed by atoms with Gasteiger partial charge in [-0.25, -0.2) is 4.39 Å². The molecule has 0 radical (unpaired) electrons. The van der Waals surface area contributed by atoms with E-state index in [0.717, 1.165) is 18.5 Å². The summed E-state index contributed by atoms with van der Waals surface area (Å²) in [5, 5.41) is 4.71. The number of carbonyl (C=O) groups is 1. The molecule has 2 aromatic rings. The van der Waals surface area contributed by atoms with Crippen molar-refractivity contribution in [2.24, 2.45) is 5.92 Å². The lowest BCUT2D eigenvalue weighted by Crippen LogP contribution is -2.49. The third kappa shape index (κ3) is 3.28. The Balaban J connectivity index is 1.32. The lowest BCUT2D eigenvalue weighted by atomic mass is 10.1. The summed E-state index contributed by atoms with van der Waals surface area (Å²) < 4.78 is 21.7. The van der Waals surface area contributed by atoms with Crippen molar-refractivity contribution in [3.8, 4) is 0 Å². The summed E-state index contributed by atoms with van der Waals surface area (Å²) in [6, 6.07) is 6.81. The zero-order chi connectivity index (χ0) is 19.1. The van der Waals surface area contributed by atoms with Crippen LogP contribution >= 0.6 is 0 Å². The maximum atomic E-state index is 14.0. The molecule has 1 aromatic heterocycles. The molecule has 2 aliphatic heterocycles. The van der Waals surface area contributed by atoms with Gasteiger partial charge in [-0.2, -0.15) is 5.10 Å². The summed E-state index contributed by atoms with van der Waals surface area (Å²) in [6.07, 6.45) is 3.34. The van der Waals surface area contributed by atoms with Crippen LogP contribution in [0, 0.1) is 11.7 Å². The topological polar surface area (TPSA) is 50.6 Å². The minimum atomic E-state index is -0.215. The van der Waals surface area contributed by atoms with Crippen LogP contribution in [0.1, 0.15) is 34.6 Å². The number of para-hydroxylation sites is 1. The molecule has 1 saturated heterocycles.